The van der Waals surface area contributed by atoms with E-state index in [9.17, 15) is 14.0 Å². The lowest BCUT2D eigenvalue weighted by molar-refractivity contribution is -0.137. The minimum Gasteiger partial charge on any atom is -0.466 e. The molecule has 0 aromatic carbocycles. The molecule has 6 nitrogen and oxygen atoms in total. The molecule has 0 bridgehead atoms. The summed E-state index contributed by atoms with van der Waals surface area (Å²) in [6.07, 6.45) is 2.43. The number of aromatic nitrogens is 1. The Morgan fingerprint density at radius 3 is 2.09 bits per heavy atom. The molecule has 0 radical (unpaired) electrons. The van der Waals surface area contributed by atoms with Gasteiger partial charge in [0.1, 0.15) is 5.82 Å². The third kappa shape index (κ3) is 2.94. The molecule has 2 rings (SSSR count). The maximum Gasteiger partial charge on any atom is 0.336 e. The highest BCUT2D eigenvalue weighted by Crippen LogP contribution is 2.39. The average Bonchev–Trinajstić information content (AvgIpc) is 2.53. The van der Waals surface area contributed by atoms with Crippen molar-refractivity contribution in [3.8, 4) is 0 Å². The van der Waals surface area contributed by atoms with E-state index >= 15 is 0 Å². The van der Waals surface area contributed by atoms with Crippen molar-refractivity contribution in [2.75, 3.05) is 14.2 Å². The summed E-state index contributed by atoms with van der Waals surface area (Å²) in [5.74, 6) is -2.85. The second-order valence-electron chi connectivity index (χ2n) is 5.02. The Kier molecular flexibility index (Phi) is 4.78. The van der Waals surface area contributed by atoms with Gasteiger partial charge in [-0.25, -0.2) is 14.0 Å². The number of pyridine rings is 1. The Labute approximate surface area is 133 Å². The number of nitrogens with one attached hydrogen (secondary N) is 1. The first kappa shape index (κ1) is 16.7. The Balaban J connectivity index is 2.73. The highest BCUT2D eigenvalue weighted by atomic mass is 19.1. The number of hydrogen-bond acceptors (Lipinski definition) is 6. The Hall–Kier alpha value is -2.70. The van der Waals surface area contributed by atoms with Crippen LogP contribution in [0.4, 0.5) is 4.39 Å². The predicted molar refractivity (Wildman–Crippen MR) is 79.5 cm³/mol. The van der Waals surface area contributed by atoms with Crippen molar-refractivity contribution in [3.63, 3.8) is 0 Å². The van der Waals surface area contributed by atoms with Crippen LogP contribution in [0.25, 0.3) is 0 Å². The third-order valence-corrected chi connectivity index (χ3v) is 3.69. The van der Waals surface area contributed by atoms with Gasteiger partial charge in [-0.1, -0.05) is 0 Å². The van der Waals surface area contributed by atoms with Crippen LogP contribution in [0, 0.1) is 5.82 Å². The Bertz CT molecular complexity index is 687. The molecule has 0 amide bonds. The number of dihydropyridines is 1. The molecular formula is C16H17FN2O4. The SMILES string of the molecule is COC(=O)C1=C(C)NC(C)=C(C(=O)OC)C1c1ccncc1F. The number of ether oxygens (including phenoxy) is 2. The Morgan fingerprint density at radius 1 is 1.13 bits per heavy atom. The zero-order chi connectivity index (χ0) is 17.1. The molecule has 1 aliphatic rings. The van der Waals surface area contributed by atoms with Gasteiger partial charge in [-0.05, 0) is 19.9 Å². The zero-order valence-corrected chi connectivity index (χ0v) is 13.3. The number of carbonyl (C=O) groups is 2. The molecule has 0 saturated carbocycles. The lowest BCUT2D eigenvalue weighted by atomic mass is 9.80. The largest absolute Gasteiger partial charge is 0.466 e. The monoisotopic (exact) mass is 320 g/mol. The van der Waals surface area contributed by atoms with Crippen LogP contribution < -0.4 is 5.32 Å². The third-order valence-electron chi connectivity index (χ3n) is 3.69. The molecule has 2 heterocycles. The van der Waals surface area contributed by atoms with Gasteiger partial charge in [0.25, 0.3) is 0 Å². The van der Waals surface area contributed by atoms with E-state index in [1.54, 1.807) is 13.8 Å². The van der Waals surface area contributed by atoms with Crippen LogP contribution in [0.5, 0.6) is 0 Å². The highest BCUT2D eigenvalue weighted by Gasteiger charge is 2.38. The summed E-state index contributed by atoms with van der Waals surface area (Å²) in [6.45, 7) is 3.33. The van der Waals surface area contributed by atoms with Crippen LogP contribution in [0.2, 0.25) is 0 Å². The lowest BCUT2D eigenvalue weighted by Crippen LogP contribution is -2.32. The van der Waals surface area contributed by atoms with E-state index in [-0.39, 0.29) is 16.7 Å². The van der Waals surface area contributed by atoms with Crippen LogP contribution >= 0.6 is 0 Å². The fraction of sp³-hybridized carbons (Fsp3) is 0.312. The number of halogens is 1. The van der Waals surface area contributed by atoms with E-state index in [4.69, 9.17) is 9.47 Å². The van der Waals surface area contributed by atoms with E-state index < -0.39 is 23.7 Å². The normalized spacial score (nSPS) is 15.3. The van der Waals surface area contributed by atoms with Crippen molar-refractivity contribution in [1.82, 2.24) is 10.3 Å². The van der Waals surface area contributed by atoms with E-state index in [1.165, 1.54) is 26.5 Å². The fourth-order valence-electron chi connectivity index (χ4n) is 2.69. The van der Waals surface area contributed by atoms with Crippen molar-refractivity contribution >= 4 is 11.9 Å². The number of allylic oxidation sites excluding steroid dienone is 2. The zero-order valence-electron chi connectivity index (χ0n) is 13.3. The number of nitrogens with zero attached hydrogens (tertiary/aromatic N) is 1. The lowest BCUT2D eigenvalue weighted by Gasteiger charge is -2.30. The molecule has 1 aromatic rings. The summed E-state index contributed by atoms with van der Waals surface area (Å²) in [6, 6.07) is 1.43. The maximum absolute atomic E-state index is 14.3. The highest BCUT2D eigenvalue weighted by molar-refractivity contribution is 5.99. The first-order valence-corrected chi connectivity index (χ1v) is 6.87. The molecule has 0 unspecified atom stereocenters. The van der Waals surface area contributed by atoms with E-state index in [0.29, 0.717) is 11.4 Å². The number of methoxy groups -OCH3 is 2. The minimum atomic E-state index is -0.931. The molecular weight excluding hydrogens is 303 g/mol. The van der Waals surface area contributed by atoms with Crippen molar-refractivity contribution in [2.45, 2.75) is 19.8 Å². The second kappa shape index (κ2) is 6.60. The van der Waals surface area contributed by atoms with Crippen LogP contribution in [0.3, 0.4) is 0 Å². The van der Waals surface area contributed by atoms with Gasteiger partial charge >= 0.3 is 11.9 Å². The van der Waals surface area contributed by atoms with Gasteiger partial charge in [0.15, 0.2) is 0 Å². The Morgan fingerprint density at radius 2 is 1.65 bits per heavy atom. The smallest absolute Gasteiger partial charge is 0.336 e. The van der Waals surface area contributed by atoms with Crippen molar-refractivity contribution in [1.29, 1.82) is 0 Å². The van der Waals surface area contributed by atoms with Crippen LogP contribution in [-0.4, -0.2) is 31.1 Å². The summed E-state index contributed by atoms with van der Waals surface area (Å²) in [5.41, 5.74) is 1.44. The summed E-state index contributed by atoms with van der Waals surface area (Å²) in [5, 5.41) is 2.95. The summed E-state index contributed by atoms with van der Waals surface area (Å²) in [7, 11) is 2.46. The van der Waals surface area contributed by atoms with Crippen LogP contribution in [-0.2, 0) is 19.1 Å². The number of rotatable bonds is 3. The average molecular weight is 320 g/mol. The quantitative estimate of drug-likeness (QED) is 0.856. The molecule has 122 valence electrons. The summed E-state index contributed by atoms with van der Waals surface area (Å²) < 4.78 is 23.9. The number of carbonyl (C=O) groups excluding carboxylic acids is 2. The molecule has 1 aliphatic heterocycles. The molecule has 0 aliphatic carbocycles. The molecule has 1 aromatic heterocycles. The first-order valence-electron chi connectivity index (χ1n) is 6.87. The molecule has 0 saturated heterocycles. The molecule has 1 N–H and O–H groups in total. The fourth-order valence-corrected chi connectivity index (χ4v) is 2.69. The number of hydrogen-bond donors (Lipinski definition) is 1. The maximum atomic E-state index is 14.3. The van der Waals surface area contributed by atoms with Gasteiger partial charge in [0, 0.05) is 23.2 Å². The first-order chi connectivity index (χ1) is 10.9. The van der Waals surface area contributed by atoms with Gasteiger partial charge in [-0.2, -0.15) is 0 Å². The van der Waals surface area contributed by atoms with E-state index in [1.807, 2.05) is 0 Å². The van der Waals surface area contributed by atoms with Crippen molar-refractivity contribution in [3.05, 3.63) is 52.4 Å². The molecule has 0 fully saturated rings. The standard InChI is InChI=1S/C16H17FN2O4/c1-8-12(15(20)22-3)14(10-5-6-18-7-11(10)17)13(9(2)19-8)16(21)23-4/h5-7,14,19H,1-4H3. The van der Waals surface area contributed by atoms with Crippen molar-refractivity contribution < 1.29 is 23.5 Å². The molecule has 0 atom stereocenters. The van der Waals surface area contributed by atoms with Gasteiger partial charge in [-0.15, -0.1) is 0 Å². The van der Waals surface area contributed by atoms with Crippen molar-refractivity contribution in [2.24, 2.45) is 0 Å². The molecule has 0 spiro atoms. The van der Waals surface area contributed by atoms with Gasteiger partial charge in [-0.3, -0.25) is 4.98 Å². The molecule has 7 heteroatoms. The van der Waals surface area contributed by atoms with E-state index in [2.05, 4.69) is 10.3 Å². The number of esters is 2. The van der Waals surface area contributed by atoms with Gasteiger partial charge < -0.3 is 14.8 Å². The summed E-state index contributed by atoms with van der Waals surface area (Å²) >= 11 is 0. The van der Waals surface area contributed by atoms with E-state index in [0.717, 1.165) is 6.20 Å². The van der Waals surface area contributed by atoms with Crippen LogP contribution in [0.1, 0.15) is 25.3 Å². The van der Waals surface area contributed by atoms with Gasteiger partial charge in [0.05, 0.1) is 37.5 Å². The minimum absolute atomic E-state index is 0.154. The summed E-state index contributed by atoms with van der Waals surface area (Å²) in [4.78, 5) is 28.1. The van der Waals surface area contributed by atoms with Crippen LogP contribution in [0.15, 0.2) is 41.0 Å². The van der Waals surface area contributed by atoms with Gasteiger partial charge in [0.2, 0.25) is 0 Å². The molecule has 23 heavy (non-hydrogen) atoms. The topological polar surface area (TPSA) is 77.5 Å². The predicted octanol–water partition coefficient (Wildman–Crippen LogP) is 1.80. The second-order valence-corrected chi connectivity index (χ2v) is 5.02.